The van der Waals surface area contributed by atoms with Gasteiger partial charge in [0, 0.05) is 36.1 Å². The summed E-state index contributed by atoms with van der Waals surface area (Å²) in [5, 5.41) is 9.00. The molecule has 0 spiro atoms. The molecule has 0 saturated carbocycles. The second kappa shape index (κ2) is 7.02. The smallest absolute Gasteiger partial charge is 0.238 e. The number of sulfonamides is 1. The van der Waals surface area contributed by atoms with Gasteiger partial charge in [-0.25, -0.2) is 22.9 Å². The van der Waals surface area contributed by atoms with Crippen molar-refractivity contribution < 1.29 is 12.8 Å². The summed E-state index contributed by atoms with van der Waals surface area (Å²) >= 11 is 0. The van der Waals surface area contributed by atoms with E-state index in [1.807, 2.05) is 12.1 Å². The molecule has 4 N–H and O–H groups in total. The molecule has 0 saturated heterocycles. The number of primary sulfonamides is 1. The molecule has 1 aromatic carbocycles. The highest BCUT2D eigenvalue weighted by Crippen LogP contribution is 2.32. The second-order valence-corrected chi connectivity index (χ2v) is 7.76. The van der Waals surface area contributed by atoms with Crippen molar-refractivity contribution in [1.29, 1.82) is 0 Å². The van der Waals surface area contributed by atoms with Gasteiger partial charge >= 0.3 is 0 Å². The predicted molar refractivity (Wildman–Crippen MR) is 104 cm³/mol. The summed E-state index contributed by atoms with van der Waals surface area (Å²) in [6.07, 6.45) is 5.15. The first-order chi connectivity index (χ1) is 13.4. The first kappa shape index (κ1) is 18.1. The van der Waals surface area contributed by atoms with Crippen molar-refractivity contribution in [3.05, 3.63) is 72.4 Å². The van der Waals surface area contributed by atoms with Gasteiger partial charge in [-0.1, -0.05) is 12.1 Å². The van der Waals surface area contributed by atoms with Gasteiger partial charge in [-0.2, -0.15) is 0 Å². The Balaban J connectivity index is 1.75. The molecule has 0 radical (unpaired) electrons. The summed E-state index contributed by atoms with van der Waals surface area (Å²) < 4.78 is 37.6. The maximum atomic E-state index is 14.7. The number of nitrogens with zero attached hydrogens (tertiary/aromatic N) is 2. The third kappa shape index (κ3) is 3.57. The van der Waals surface area contributed by atoms with Crippen molar-refractivity contribution in [3.63, 3.8) is 0 Å². The number of benzene rings is 1. The summed E-state index contributed by atoms with van der Waals surface area (Å²) in [6, 6.07) is 10.9. The standard InChI is InChI=1S/C19H16FN5O2S/c20-17-8-13(28(21,26)27)3-4-14(17)16-9-18(25-19-15(16)5-7-23-19)24-11-12-2-1-6-22-10-12/h1-10H,11H2,(H2,21,26,27)(H2,23,24,25). The molecule has 0 fully saturated rings. The maximum absolute atomic E-state index is 14.7. The van der Waals surface area contributed by atoms with Gasteiger partial charge in [-0.05, 0) is 41.5 Å². The number of aromatic amines is 1. The van der Waals surface area contributed by atoms with E-state index < -0.39 is 15.8 Å². The van der Waals surface area contributed by atoms with Crippen LogP contribution in [0.3, 0.4) is 0 Å². The summed E-state index contributed by atoms with van der Waals surface area (Å²) in [5.74, 6) is -0.137. The van der Waals surface area contributed by atoms with Crippen molar-refractivity contribution in [2.45, 2.75) is 11.4 Å². The fourth-order valence-corrected chi connectivity index (χ4v) is 3.46. The minimum Gasteiger partial charge on any atom is -0.366 e. The van der Waals surface area contributed by atoms with Crippen LogP contribution in [0.5, 0.6) is 0 Å². The SMILES string of the molecule is NS(=O)(=O)c1ccc(-c2cc(NCc3cccnc3)nc3[nH]ccc23)c(F)c1. The van der Waals surface area contributed by atoms with E-state index in [1.165, 1.54) is 12.1 Å². The van der Waals surface area contributed by atoms with Gasteiger partial charge in [-0.3, -0.25) is 4.98 Å². The Morgan fingerprint density at radius 3 is 2.71 bits per heavy atom. The largest absolute Gasteiger partial charge is 0.366 e. The summed E-state index contributed by atoms with van der Waals surface area (Å²) in [5.41, 5.74) is 2.39. The molecule has 0 aliphatic carbocycles. The molecule has 3 aromatic heterocycles. The number of fused-ring (bicyclic) bond motifs is 1. The lowest BCUT2D eigenvalue weighted by molar-refractivity contribution is 0.593. The van der Waals surface area contributed by atoms with E-state index in [0.717, 1.165) is 11.6 Å². The Morgan fingerprint density at radius 2 is 2.00 bits per heavy atom. The molecule has 4 rings (SSSR count). The van der Waals surface area contributed by atoms with E-state index in [2.05, 4.69) is 20.3 Å². The van der Waals surface area contributed by atoms with Crippen molar-refractivity contribution in [1.82, 2.24) is 15.0 Å². The monoisotopic (exact) mass is 397 g/mol. The molecule has 0 aliphatic rings. The molecular formula is C19H16FN5O2S. The van der Waals surface area contributed by atoms with E-state index in [9.17, 15) is 12.8 Å². The first-order valence-corrected chi connectivity index (χ1v) is 9.90. The summed E-state index contributed by atoms with van der Waals surface area (Å²) in [6.45, 7) is 0.499. The zero-order chi connectivity index (χ0) is 19.7. The normalized spacial score (nSPS) is 11.6. The molecule has 0 aliphatic heterocycles. The minimum absolute atomic E-state index is 0.254. The first-order valence-electron chi connectivity index (χ1n) is 8.35. The van der Waals surface area contributed by atoms with Crippen LogP contribution in [0.15, 0.2) is 66.0 Å². The van der Waals surface area contributed by atoms with Crippen LogP contribution in [0.2, 0.25) is 0 Å². The predicted octanol–water partition coefficient (Wildman–Crippen LogP) is 3.02. The topological polar surface area (TPSA) is 114 Å². The summed E-state index contributed by atoms with van der Waals surface area (Å²) in [4.78, 5) is 11.3. The molecule has 0 bridgehead atoms. The number of rotatable bonds is 5. The van der Waals surface area contributed by atoms with Crippen LogP contribution in [0, 0.1) is 5.82 Å². The van der Waals surface area contributed by atoms with Gasteiger partial charge in [0.1, 0.15) is 17.3 Å². The number of pyridine rings is 2. The van der Waals surface area contributed by atoms with Gasteiger partial charge in [0.25, 0.3) is 0 Å². The van der Waals surface area contributed by atoms with Crippen LogP contribution in [0.4, 0.5) is 10.2 Å². The van der Waals surface area contributed by atoms with E-state index in [0.29, 0.717) is 29.0 Å². The van der Waals surface area contributed by atoms with Crippen molar-refractivity contribution in [2.24, 2.45) is 5.14 Å². The lowest BCUT2D eigenvalue weighted by Gasteiger charge is -2.11. The maximum Gasteiger partial charge on any atom is 0.238 e. The number of H-pyrrole nitrogens is 1. The number of nitrogens with two attached hydrogens (primary N) is 1. The van der Waals surface area contributed by atoms with Crippen LogP contribution < -0.4 is 10.5 Å². The Labute approximate surface area is 160 Å². The van der Waals surface area contributed by atoms with Crippen LogP contribution in [0.1, 0.15) is 5.56 Å². The Kier molecular flexibility index (Phi) is 4.54. The van der Waals surface area contributed by atoms with E-state index >= 15 is 0 Å². The number of nitrogens with one attached hydrogen (secondary N) is 2. The van der Waals surface area contributed by atoms with Gasteiger partial charge in [-0.15, -0.1) is 0 Å². The van der Waals surface area contributed by atoms with Crippen LogP contribution in [0.25, 0.3) is 22.2 Å². The molecular weight excluding hydrogens is 381 g/mol. The van der Waals surface area contributed by atoms with Gasteiger partial charge in [0.05, 0.1) is 4.90 Å². The van der Waals surface area contributed by atoms with E-state index in [4.69, 9.17) is 5.14 Å². The third-order valence-electron chi connectivity index (χ3n) is 4.28. The molecule has 0 unspecified atom stereocenters. The fourth-order valence-electron chi connectivity index (χ4n) is 2.94. The van der Waals surface area contributed by atoms with E-state index in [1.54, 1.807) is 30.7 Å². The molecule has 28 heavy (non-hydrogen) atoms. The highest BCUT2D eigenvalue weighted by molar-refractivity contribution is 7.89. The highest BCUT2D eigenvalue weighted by Gasteiger charge is 2.16. The van der Waals surface area contributed by atoms with Crippen molar-refractivity contribution in [2.75, 3.05) is 5.32 Å². The summed E-state index contributed by atoms with van der Waals surface area (Å²) in [7, 11) is -3.98. The molecule has 0 atom stereocenters. The molecule has 3 heterocycles. The van der Waals surface area contributed by atoms with E-state index in [-0.39, 0.29) is 10.5 Å². The minimum atomic E-state index is -3.98. The van der Waals surface area contributed by atoms with Crippen LogP contribution in [-0.4, -0.2) is 23.4 Å². The zero-order valence-electron chi connectivity index (χ0n) is 14.6. The van der Waals surface area contributed by atoms with Crippen LogP contribution >= 0.6 is 0 Å². The molecule has 0 amide bonds. The number of anilines is 1. The molecule has 142 valence electrons. The average Bonchev–Trinajstić information content (AvgIpc) is 3.14. The quantitative estimate of drug-likeness (QED) is 0.479. The molecule has 4 aromatic rings. The van der Waals surface area contributed by atoms with Gasteiger partial charge in [0.2, 0.25) is 10.0 Å². The number of hydrogen-bond donors (Lipinski definition) is 3. The Hall–Kier alpha value is -3.30. The van der Waals surface area contributed by atoms with Gasteiger partial charge < -0.3 is 10.3 Å². The fraction of sp³-hybridized carbons (Fsp3) is 0.0526. The lowest BCUT2D eigenvalue weighted by atomic mass is 10.0. The second-order valence-electron chi connectivity index (χ2n) is 6.20. The number of aromatic nitrogens is 3. The lowest BCUT2D eigenvalue weighted by Crippen LogP contribution is -2.12. The van der Waals surface area contributed by atoms with Crippen molar-refractivity contribution >= 4 is 26.9 Å². The molecule has 9 heteroatoms. The zero-order valence-corrected chi connectivity index (χ0v) is 15.4. The molecule has 7 nitrogen and oxygen atoms in total. The Morgan fingerprint density at radius 1 is 1.14 bits per heavy atom. The third-order valence-corrected chi connectivity index (χ3v) is 5.20. The van der Waals surface area contributed by atoms with Crippen LogP contribution in [-0.2, 0) is 16.6 Å². The number of hydrogen-bond acceptors (Lipinski definition) is 5. The number of halogens is 1. The van der Waals surface area contributed by atoms with Crippen molar-refractivity contribution in [3.8, 4) is 11.1 Å². The van der Waals surface area contributed by atoms with Gasteiger partial charge in [0.15, 0.2) is 0 Å². The highest BCUT2D eigenvalue weighted by atomic mass is 32.2. The Bertz CT molecular complexity index is 1260. The average molecular weight is 397 g/mol.